The quantitative estimate of drug-likeness (QED) is 0.319. The summed E-state index contributed by atoms with van der Waals surface area (Å²) >= 11 is 10.3. The first-order valence-corrected chi connectivity index (χ1v) is 12.0. The van der Waals surface area contributed by atoms with Gasteiger partial charge in [0.25, 0.3) is 0 Å². The van der Waals surface area contributed by atoms with Gasteiger partial charge in [-0.2, -0.15) is 0 Å². The van der Waals surface area contributed by atoms with Gasteiger partial charge < -0.3 is 9.84 Å². The van der Waals surface area contributed by atoms with E-state index in [2.05, 4.69) is 89.8 Å². The van der Waals surface area contributed by atoms with Crippen LogP contribution in [-0.2, 0) is 19.4 Å². The molecule has 2 aromatic carbocycles. The van der Waals surface area contributed by atoms with Gasteiger partial charge in [-0.15, -0.1) is 10.2 Å². The minimum atomic E-state index is 0.141. The van der Waals surface area contributed by atoms with Crippen LogP contribution in [0.1, 0.15) is 42.8 Å². The van der Waals surface area contributed by atoms with Gasteiger partial charge in [0, 0.05) is 5.56 Å². The predicted molar refractivity (Wildman–Crippen MR) is 129 cm³/mol. The fourth-order valence-corrected chi connectivity index (χ4v) is 5.26. The van der Waals surface area contributed by atoms with Crippen LogP contribution in [0.15, 0.2) is 37.8 Å². The maximum Gasteiger partial charge on any atom is 0.188 e. The van der Waals surface area contributed by atoms with Crippen molar-refractivity contribution in [1.29, 1.82) is 0 Å². The number of ether oxygens (including phenoxy) is 1. The van der Waals surface area contributed by atoms with Crippen molar-refractivity contribution >= 4 is 47.8 Å². The van der Waals surface area contributed by atoms with Crippen LogP contribution < -0.4 is 4.74 Å². The Bertz CT molecular complexity index is 1030. The molecule has 0 aliphatic heterocycles. The fourth-order valence-electron chi connectivity index (χ4n) is 3.37. The first-order valence-electron chi connectivity index (χ1n) is 9.66. The van der Waals surface area contributed by atoms with Crippen LogP contribution in [-0.4, -0.2) is 20.3 Å². The summed E-state index contributed by atoms with van der Waals surface area (Å²) in [6.07, 6.45) is 4.63. The second kappa shape index (κ2) is 10.2. The summed E-state index contributed by atoms with van der Waals surface area (Å²) in [5.74, 6) is 1.50. The maximum absolute atomic E-state index is 9.87. The van der Waals surface area contributed by atoms with E-state index in [-0.39, 0.29) is 12.4 Å². The summed E-state index contributed by atoms with van der Waals surface area (Å²) in [5.41, 5.74) is 5.26. The minimum Gasteiger partial charge on any atom is -0.506 e. The molecule has 158 valence electrons. The van der Waals surface area contributed by atoms with E-state index in [0.717, 1.165) is 35.0 Å². The molecule has 0 amide bonds. The van der Waals surface area contributed by atoms with Crippen LogP contribution in [0.4, 0.5) is 0 Å². The van der Waals surface area contributed by atoms with Crippen LogP contribution >= 0.6 is 47.8 Å². The Morgan fingerprint density at radius 2 is 1.67 bits per heavy atom. The van der Waals surface area contributed by atoms with Gasteiger partial charge in [-0.25, -0.2) is 4.98 Å². The number of aromatic hydroxyl groups is 1. The molecule has 3 aromatic rings. The molecular weight excluding hydrogens is 578 g/mol. The summed E-state index contributed by atoms with van der Waals surface area (Å²) in [4.78, 5) is 4.41. The van der Waals surface area contributed by atoms with E-state index >= 15 is 0 Å². The third-order valence-electron chi connectivity index (χ3n) is 4.80. The monoisotopic (exact) mass is 597 g/mol. The largest absolute Gasteiger partial charge is 0.506 e. The van der Waals surface area contributed by atoms with Gasteiger partial charge in [-0.3, -0.25) is 0 Å². The van der Waals surface area contributed by atoms with Crippen LogP contribution in [0.5, 0.6) is 11.5 Å². The highest BCUT2D eigenvalue weighted by Gasteiger charge is 2.16. The second-order valence-electron chi connectivity index (χ2n) is 6.90. The standard InChI is InChI=1S/C22H22Br3N3O2/c1-4-6-15-14(5-2)12(3)7-18(25)22(15)30-11-20-26-10-19(27-28-20)13-8-16(23)21(29)17(24)9-13/h7-10,29H,4-6,11H2,1-3H3. The number of benzene rings is 2. The number of halogens is 3. The Balaban J connectivity index is 1.82. The summed E-state index contributed by atoms with van der Waals surface area (Å²) in [5, 5.41) is 18.4. The highest BCUT2D eigenvalue weighted by molar-refractivity contribution is 9.11. The van der Waals surface area contributed by atoms with Gasteiger partial charge in [0.15, 0.2) is 5.82 Å². The maximum atomic E-state index is 9.87. The molecule has 0 saturated heterocycles. The molecule has 0 aliphatic carbocycles. The number of aromatic nitrogens is 3. The van der Waals surface area contributed by atoms with Crippen LogP contribution in [0.3, 0.4) is 0 Å². The summed E-state index contributed by atoms with van der Waals surface area (Å²) in [6.45, 7) is 6.71. The molecule has 3 rings (SSSR count). The van der Waals surface area contributed by atoms with Gasteiger partial charge >= 0.3 is 0 Å². The average Bonchev–Trinajstić information content (AvgIpc) is 2.72. The number of hydrogen-bond donors (Lipinski definition) is 1. The van der Waals surface area contributed by atoms with Crippen molar-refractivity contribution in [3.8, 4) is 22.8 Å². The molecule has 0 unspecified atom stereocenters. The Hall–Kier alpha value is -1.51. The normalized spacial score (nSPS) is 11.0. The third-order valence-corrected chi connectivity index (χ3v) is 6.59. The lowest BCUT2D eigenvalue weighted by molar-refractivity contribution is 0.288. The van der Waals surface area contributed by atoms with Gasteiger partial charge in [-0.1, -0.05) is 20.3 Å². The van der Waals surface area contributed by atoms with E-state index in [1.165, 1.54) is 16.7 Å². The van der Waals surface area contributed by atoms with E-state index in [9.17, 15) is 5.11 Å². The zero-order valence-electron chi connectivity index (χ0n) is 17.0. The minimum absolute atomic E-state index is 0.141. The molecule has 5 nitrogen and oxygen atoms in total. The molecule has 0 bridgehead atoms. The van der Waals surface area contributed by atoms with Crippen molar-refractivity contribution in [3.05, 3.63) is 60.3 Å². The molecule has 0 saturated carbocycles. The van der Waals surface area contributed by atoms with Gasteiger partial charge in [-0.05, 0) is 102 Å². The van der Waals surface area contributed by atoms with Gasteiger partial charge in [0.05, 0.1) is 19.6 Å². The van der Waals surface area contributed by atoms with Gasteiger partial charge in [0.1, 0.15) is 23.8 Å². The number of hydrogen-bond acceptors (Lipinski definition) is 5. The predicted octanol–water partition coefficient (Wildman–Crippen LogP) is 6.93. The smallest absolute Gasteiger partial charge is 0.188 e. The lowest BCUT2D eigenvalue weighted by Crippen LogP contribution is -2.07. The summed E-state index contributed by atoms with van der Waals surface area (Å²) < 4.78 is 8.23. The van der Waals surface area contributed by atoms with E-state index in [1.807, 2.05) is 0 Å². The number of phenols is 1. The van der Waals surface area contributed by atoms with Gasteiger partial charge in [0.2, 0.25) is 0 Å². The fraction of sp³-hybridized carbons (Fsp3) is 0.318. The molecule has 0 fully saturated rings. The summed E-state index contributed by atoms with van der Waals surface area (Å²) in [7, 11) is 0. The average molecular weight is 600 g/mol. The number of phenolic OH excluding ortho intramolecular Hbond substituents is 1. The van der Waals surface area contributed by atoms with E-state index in [4.69, 9.17) is 4.74 Å². The molecule has 0 spiro atoms. The topological polar surface area (TPSA) is 68.1 Å². The summed E-state index contributed by atoms with van der Waals surface area (Å²) in [6, 6.07) is 5.65. The number of rotatable bonds is 7. The SMILES string of the molecule is CCCc1c(CC)c(C)cc(Br)c1OCc1ncc(-c2cc(Br)c(O)c(Br)c2)nn1. The molecule has 0 atom stereocenters. The Morgan fingerprint density at radius 3 is 2.23 bits per heavy atom. The molecule has 1 heterocycles. The van der Waals surface area contributed by atoms with Crippen LogP contribution in [0.25, 0.3) is 11.3 Å². The second-order valence-corrected chi connectivity index (χ2v) is 9.46. The number of aryl methyl sites for hydroxylation is 1. The van der Waals surface area contributed by atoms with Crippen molar-refractivity contribution in [2.24, 2.45) is 0 Å². The Morgan fingerprint density at radius 1 is 0.967 bits per heavy atom. The lowest BCUT2D eigenvalue weighted by atomic mass is 9.95. The molecule has 8 heteroatoms. The zero-order valence-corrected chi connectivity index (χ0v) is 21.7. The highest BCUT2D eigenvalue weighted by atomic mass is 79.9. The Kier molecular flexibility index (Phi) is 7.87. The first kappa shape index (κ1) is 23.2. The van der Waals surface area contributed by atoms with Crippen molar-refractivity contribution in [3.63, 3.8) is 0 Å². The molecule has 0 aliphatic rings. The molecule has 1 aromatic heterocycles. The highest BCUT2D eigenvalue weighted by Crippen LogP contribution is 2.37. The first-order chi connectivity index (χ1) is 14.3. The van der Waals surface area contributed by atoms with Crippen molar-refractivity contribution in [1.82, 2.24) is 15.2 Å². The van der Waals surface area contributed by atoms with Crippen molar-refractivity contribution in [2.75, 3.05) is 0 Å². The van der Waals surface area contributed by atoms with E-state index in [0.29, 0.717) is 20.5 Å². The number of nitrogens with zero attached hydrogens (tertiary/aromatic N) is 3. The molecule has 0 radical (unpaired) electrons. The van der Waals surface area contributed by atoms with Crippen molar-refractivity contribution in [2.45, 2.75) is 46.6 Å². The van der Waals surface area contributed by atoms with Crippen molar-refractivity contribution < 1.29 is 9.84 Å². The zero-order chi connectivity index (χ0) is 21.8. The van der Waals surface area contributed by atoms with Crippen LogP contribution in [0, 0.1) is 6.92 Å². The molecule has 1 N–H and O–H groups in total. The molecule has 30 heavy (non-hydrogen) atoms. The lowest BCUT2D eigenvalue weighted by Gasteiger charge is -2.18. The van der Waals surface area contributed by atoms with E-state index < -0.39 is 0 Å². The molecular formula is C22H22Br3N3O2. The van der Waals surface area contributed by atoms with E-state index in [1.54, 1.807) is 18.3 Å². The van der Waals surface area contributed by atoms with Crippen LogP contribution in [0.2, 0.25) is 0 Å². The Labute approximate surface area is 201 Å². The third kappa shape index (κ3) is 5.03.